The Morgan fingerprint density at radius 1 is 0.450 bits per heavy atom. The van der Waals surface area contributed by atoms with Crippen molar-refractivity contribution in [2.75, 3.05) is 13.2 Å². The first-order valence-electron chi connectivity index (χ1n) is 26.6. The molecule has 0 radical (unpaired) electrons. The molecule has 0 aromatic rings. The third-order valence-corrected chi connectivity index (χ3v) is 12.2. The van der Waals surface area contributed by atoms with Gasteiger partial charge in [0.25, 0.3) is 0 Å². The minimum Gasteiger partial charge on any atom is -0.466 e. The monoisotopic (exact) mass is 846 g/mol. The summed E-state index contributed by atoms with van der Waals surface area (Å²) < 4.78 is 5.47. The molecule has 2 unspecified atom stereocenters. The zero-order valence-electron chi connectivity index (χ0n) is 40.2. The Labute approximate surface area is 373 Å². The molecule has 2 atom stereocenters. The van der Waals surface area contributed by atoms with Gasteiger partial charge in [-0.1, -0.05) is 237 Å². The summed E-state index contributed by atoms with van der Waals surface area (Å²) in [4.78, 5) is 24.4. The van der Waals surface area contributed by atoms with Gasteiger partial charge >= 0.3 is 5.97 Å². The van der Waals surface area contributed by atoms with Crippen LogP contribution in [0.5, 0.6) is 0 Å². The Hall–Kier alpha value is -1.66. The van der Waals surface area contributed by atoms with Gasteiger partial charge in [-0.05, 0) is 57.8 Å². The molecule has 0 saturated carbocycles. The van der Waals surface area contributed by atoms with Crippen molar-refractivity contribution in [2.45, 2.75) is 296 Å². The Morgan fingerprint density at radius 2 is 0.783 bits per heavy atom. The van der Waals surface area contributed by atoms with Crippen LogP contribution < -0.4 is 5.32 Å². The quantitative estimate of drug-likeness (QED) is 0.0322. The van der Waals surface area contributed by atoms with Gasteiger partial charge in [0.05, 0.1) is 25.4 Å². The molecule has 6 nitrogen and oxygen atoms in total. The van der Waals surface area contributed by atoms with E-state index in [1.807, 2.05) is 6.08 Å². The van der Waals surface area contributed by atoms with Crippen LogP contribution in [-0.4, -0.2) is 47.4 Å². The number of aliphatic hydroxyl groups excluding tert-OH is 2. The molecule has 0 fully saturated rings. The lowest BCUT2D eigenvalue weighted by Gasteiger charge is -2.20. The molecule has 1 amide bonds. The van der Waals surface area contributed by atoms with Crippen LogP contribution in [-0.2, 0) is 14.3 Å². The summed E-state index contributed by atoms with van der Waals surface area (Å²) in [6.07, 6.45) is 59.1. The molecule has 0 aliphatic rings. The standard InChI is InChI=1S/C54H103NO5/c1-3-5-7-9-11-13-14-15-25-28-32-36-40-44-48-54(59)60-49-45-41-37-33-29-26-23-21-19-17-16-18-20-22-24-27-31-35-39-43-47-53(58)55-51(50-56)52(57)46-42-38-34-30-12-10-8-6-4-2/h16,18,42,46,51-52,56-57H,3-15,17,19-41,43-45,47-50H2,1-2H3,(H,55,58)/b18-16-,46-42+. The van der Waals surface area contributed by atoms with Gasteiger partial charge in [-0.3, -0.25) is 9.59 Å². The molecule has 0 heterocycles. The minimum absolute atomic E-state index is 0.00730. The summed E-state index contributed by atoms with van der Waals surface area (Å²) in [7, 11) is 0. The lowest BCUT2D eigenvalue weighted by Crippen LogP contribution is -2.45. The number of hydrogen-bond donors (Lipinski definition) is 3. The summed E-state index contributed by atoms with van der Waals surface area (Å²) in [5, 5.41) is 22.9. The molecule has 0 saturated heterocycles. The molecule has 0 aromatic heterocycles. The number of ether oxygens (including phenoxy) is 1. The maximum Gasteiger partial charge on any atom is 0.305 e. The predicted octanol–water partition coefficient (Wildman–Crippen LogP) is 15.9. The summed E-state index contributed by atoms with van der Waals surface area (Å²) >= 11 is 0. The molecule has 0 aliphatic heterocycles. The van der Waals surface area contributed by atoms with Gasteiger partial charge in [0.1, 0.15) is 0 Å². The van der Waals surface area contributed by atoms with E-state index in [0.29, 0.717) is 19.4 Å². The fourth-order valence-electron chi connectivity index (χ4n) is 8.10. The van der Waals surface area contributed by atoms with Gasteiger partial charge in [-0.15, -0.1) is 0 Å². The third-order valence-electron chi connectivity index (χ3n) is 12.2. The highest BCUT2D eigenvalue weighted by molar-refractivity contribution is 5.76. The Balaban J connectivity index is 3.41. The Kier molecular flexibility index (Phi) is 48.6. The second kappa shape index (κ2) is 50.0. The van der Waals surface area contributed by atoms with E-state index in [2.05, 4.69) is 31.3 Å². The lowest BCUT2D eigenvalue weighted by atomic mass is 10.0. The van der Waals surface area contributed by atoms with Crippen molar-refractivity contribution in [1.29, 1.82) is 0 Å². The maximum atomic E-state index is 12.4. The van der Waals surface area contributed by atoms with Crippen LogP contribution in [0.15, 0.2) is 24.3 Å². The molecular weight excluding hydrogens is 743 g/mol. The molecule has 3 N–H and O–H groups in total. The SMILES string of the molecule is CCCCCCCCC/C=C/C(O)C(CO)NC(=O)CCCCCCCCC/C=C\CCCCCCCCCCCOC(=O)CCCCCCCCCCCCCCCC. The largest absolute Gasteiger partial charge is 0.466 e. The number of allylic oxidation sites excluding steroid dienone is 3. The maximum absolute atomic E-state index is 12.4. The number of hydrogen-bond acceptors (Lipinski definition) is 5. The van der Waals surface area contributed by atoms with Crippen molar-refractivity contribution in [3.63, 3.8) is 0 Å². The van der Waals surface area contributed by atoms with E-state index in [1.54, 1.807) is 6.08 Å². The Bertz CT molecular complexity index is 935. The number of rotatable bonds is 49. The van der Waals surface area contributed by atoms with Crippen LogP contribution in [0.4, 0.5) is 0 Å². The van der Waals surface area contributed by atoms with Gasteiger partial charge in [0.15, 0.2) is 0 Å². The van der Waals surface area contributed by atoms with E-state index in [0.717, 1.165) is 44.9 Å². The highest BCUT2D eigenvalue weighted by Gasteiger charge is 2.18. The van der Waals surface area contributed by atoms with E-state index in [1.165, 1.54) is 212 Å². The van der Waals surface area contributed by atoms with E-state index in [-0.39, 0.29) is 18.5 Å². The highest BCUT2D eigenvalue weighted by Crippen LogP contribution is 2.16. The van der Waals surface area contributed by atoms with E-state index >= 15 is 0 Å². The van der Waals surface area contributed by atoms with Crippen LogP contribution in [0.2, 0.25) is 0 Å². The zero-order valence-corrected chi connectivity index (χ0v) is 40.2. The van der Waals surface area contributed by atoms with Crippen molar-refractivity contribution >= 4 is 11.9 Å². The van der Waals surface area contributed by atoms with Crippen molar-refractivity contribution in [3.05, 3.63) is 24.3 Å². The third kappa shape index (κ3) is 45.9. The summed E-state index contributed by atoms with van der Waals surface area (Å²) in [6, 6.07) is -0.631. The summed E-state index contributed by atoms with van der Waals surface area (Å²) in [5.74, 6) is -0.0721. The first kappa shape index (κ1) is 58.3. The van der Waals surface area contributed by atoms with E-state index < -0.39 is 12.1 Å². The molecule has 0 spiro atoms. The van der Waals surface area contributed by atoms with Crippen LogP contribution in [0.25, 0.3) is 0 Å². The first-order chi connectivity index (χ1) is 29.5. The lowest BCUT2D eigenvalue weighted by molar-refractivity contribution is -0.143. The number of esters is 1. The predicted molar refractivity (Wildman–Crippen MR) is 260 cm³/mol. The smallest absolute Gasteiger partial charge is 0.305 e. The van der Waals surface area contributed by atoms with Crippen molar-refractivity contribution < 1.29 is 24.5 Å². The number of aliphatic hydroxyl groups is 2. The average molecular weight is 846 g/mol. The van der Waals surface area contributed by atoms with Crippen LogP contribution in [0.1, 0.15) is 284 Å². The molecule has 0 rings (SSSR count). The number of carbonyl (C=O) groups excluding carboxylic acids is 2. The van der Waals surface area contributed by atoms with Gasteiger partial charge < -0.3 is 20.3 Å². The second-order valence-corrected chi connectivity index (χ2v) is 18.2. The summed E-state index contributed by atoms with van der Waals surface area (Å²) in [6.45, 7) is 4.87. The number of nitrogens with one attached hydrogen (secondary N) is 1. The highest BCUT2D eigenvalue weighted by atomic mass is 16.5. The molecule has 6 heteroatoms. The van der Waals surface area contributed by atoms with Crippen LogP contribution in [0, 0.1) is 0 Å². The molecule has 0 aliphatic carbocycles. The number of amides is 1. The average Bonchev–Trinajstić information content (AvgIpc) is 3.25. The fraction of sp³-hybridized carbons (Fsp3) is 0.889. The first-order valence-corrected chi connectivity index (χ1v) is 26.6. The van der Waals surface area contributed by atoms with Crippen molar-refractivity contribution in [3.8, 4) is 0 Å². The zero-order chi connectivity index (χ0) is 43.7. The van der Waals surface area contributed by atoms with Crippen molar-refractivity contribution in [1.82, 2.24) is 5.32 Å². The molecular formula is C54H103NO5. The minimum atomic E-state index is -0.847. The molecule has 0 aromatic carbocycles. The van der Waals surface area contributed by atoms with Gasteiger partial charge in [-0.25, -0.2) is 0 Å². The van der Waals surface area contributed by atoms with Crippen LogP contribution in [0.3, 0.4) is 0 Å². The Morgan fingerprint density at radius 3 is 1.18 bits per heavy atom. The van der Waals surface area contributed by atoms with E-state index in [4.69, 9.17) is 4.74 Å². The molecule has 0 bridgehead atoms. The molecule has 60 heavy (non-hydrogen) atoms. The van der Waals surface area contributed by atoms with Gasteiger partial charge in [0.2, 0.25) is 5.91 Å². The van der Waals surface area contributed by atoms with Crippen LogP contribution >= 0.6 is 0 Å². The summed E-state index contributed by atoms with van der Waals surface area (Å²) in [5.41, 5.74) is 0. The van der Waals surface area contributed by atoms with Gasteiger partial charge in [-0.2, -0.15) is 0 Å². The van der Waals surface area contributed by atoms with E-state index in [9.17, 15) is 19.8 Å². The number of unbranched alkanes of at least 4 members (excludes halogenated alkanes) is 36. The number of carbonyl (C=O) groups is 2. The van der Waals surface area contributed by atoms with Crippen molar-refractivity contribution in [2.24, 2.45) is 0 Å². The molecule has 354 valence electrons. The fourth-order valence-corrected chi connectivity index (χ4v) is 8.10. The topological polar surface area (TPSA) is 95.9 Å². The normalized spacial score (nSPS) is 12.8. The van der Waals surface area contributed by atoms with Gasteiger partial charge in [0, 0.05) is 12.8 Å². The second-order valence-electron chi connectivity index (χ2n) is 18.2.